The minimum absolute atomic E-state index is 0. The summed E-state index contributed by atoms with van der Waals surface area (Å²) in [7, 11) is 3.40. The summed E-state index contributed by atoms with van der Waals surface area (Å²) in [6.45, 7) is 1.64. The van der Waals surface area contributed by atoms with E-state index in [1.807, 2.05) is 24.3 Å². The molecule has 0 saturated heterocycles. The largest absolute Gasteiger partial charge is 0.313 e. The lowest BCUT2D eigenvalue weighted by atomic mass is 10.1. The molecule has 0 N–H and O–H groups in total. The van der Waals surface area contributed by atoms with Crippen molar-refractivity contribution >= 4 is 48.0 Å². The van der Waals surface area contributed by atoms with Gasteiger partial charge in [0.1, 0.15) is 5.92 Å². The Morgan fingerprint density at radius 2 is 1.22 bits per heavy atom. The van der Waals surface area contributed by atoms with E-state index in [0.717, 1.165) is 11.4 Å². The maximum atomic E-state index is 11.9. The molecule has 2 amide bonds. The van der Waals surface area contributed by atoms with Gasteiger partial charge in [-0.15, -0.1) is 24.8 Å². The Morgan fingerprint density at radius 3 is 1.56 bits per heavy atom. The number of carbonyl (C=O) groups is 2. The van der Waals surface area contributed by atoms with E-state index in [0.29, 0.717) is 0 Å². The second kappa shape index (κ2) is 6.07. The van der Waals surface area contributed by atoms with Gasteiger partial charge in [0.05, 0.1) is 11.4 Å². The molecule has 0 radical (unpaired) electrons. The Hall–Kier alpha value is -1.26. The Morgan fingerprint density at radius 1 is 0.889 bits per heavy atom. The summed E-state index contributed by atoms with van der Waals surface area (Å²) in [4.78, 5) is 27.0. The lowest BCUT2D eigenvalue weighted by Crippen LogP contribution is -2.37. The molecular weight excluding hydrogens is 275 g/mol. The summed E-state index contributed by atoms with van der Waals surface area (Å²) in [5, 5.41) is 0. The first kappa shape index (κ1) is 16.7. The van der Waals surface area contributed by atoms with Crippen LogP contribution in [0.3, 0.4) is 0 Å². The number of rotatable bonds is 0. The van der Waals surface area contributed by atoms with Crippen LogP contribution in [0.5, 0.6) is 0 Å². The third-order valence-corrected chi connectivity index (χ3v) is 3.01. The number of amides is 2. The molecule has 1 aliphatic heterocycles. The Bertz CT molecular complexity index is 424. The first-order chi connectivity index (χ1) is 7.54. The number of anilines is 2. The van der Waals surface area contributed by atoms with Gasteiger partial charge in [0.2, 0.25) is 11.8 Å². The average Bonchev–Trinajstić information content (AvgIpc) is 2.38. The van der Waals surface area contributed by atoms with Crippen LogP contribution in [-0.4, -0.2) is 25.9 Å². The van der Waals surface area contributed by atoms with E-state index in [2.05, 4.69) is 0 Å². The van der Waals surface area contributed by atoms with Crippen LogP contribution in [0.2, 0.25) is 0 Å². The highest BCUT2D eigenvalue weighted by Gasteiger charge is 2.33. The predicted octanol–water partition coefficient (Wildman–Crippen LogP) is 2.11. The first-order valence-electron chi connectivity index (χ1n) is 5.18. The van der Waals surface area contributed by atoms with Gasteiger partial charge in [0.25, 0.3) is 0 Å². The molecule has 6 heteroatoms. The van der Waals surface area contributed by atoms with Crippen molar-refractivity contribution < 1.29 is 9.59 Å². The summed E-state index contributed by atoms with van der Waals surface area (Å²) in [6.07, 6.45) is 0. The molecule has 1 aromatic carbocycles. The lowest BCUT2D eigenvalue weighted by Gasteiger charge is -2.19. The van der Waals surface area contributed by atoms with Gasteiger partial charge in [-0.05, 0) is 19.1 Å². The topological polar surface area (TPSA) is 40.6 Å². The van der Waals surface area contributed by atoms with Gasteiger partial charge in [0.15, 0.2) is 0 Å². The maximum Gasteiger partial charge on any atom is 0.239 e. The maximum absolute atomic E-state index is 11.9. The van der Waals surface area contributed by atoms with E-state index >= 15 is 0 Å². The van der Waals surface area contributed by atoms with Crippen molar-refractivity contribution in [2.45, 2.75) is 6.92 Å². The molecule has 0 bridgehead atoms. The quantitative estimate of drug-likeness (QED) is 0.687. The third-order valence-electron chi connectivity index (χ3n) is 3.01. The molecular formula is C12H16Cl2N2O2. The van der Waals surface area contributed by atoms with Gasteiger partial charge in [-0.2, -0.15) is 0 Å². The van der Waals surface area contributed by atoms with Crippen LogP contribution in [0.25, 0.3) is 0 Å². The minimum atomic E-state index is -0.623. The van der Waals surface area contributed by atoms with Crippen LogP contribution < -0.4 is 9.80 Å². The molecule has 1 aliphatic rings. The average molecular weight is 291 g/mol. The number of halogens is 2. The van der Waals surface area contributed by atoms with E-state index in [9.17, 15) is 9.59 Å². The van der Waals surface area contributed by atoms with E-state index in [-0.39, 0.29) is 36.6 Å². The number of hydrogen-bond donors (Lipinski definition) is 0. The normalized spacial score (nSPS) is 15.5. The summed E-state index contributed by atoms with van der Waals surface area (Å²) >= 11 is 0. The molecule has 100 valence electrons. The molecule has 0 aliphatic carbocycles. The third kappa shape index (κ3) is 2.44. The number of para-hydroxylation sites is 2. The van der Waals surface area contributed by atoms with Crippen LogP contribution in [0.4, 0.5) is 11.4 Å². The van der Waals surface area contributed by atoms with Crippen molar-refractivity contribution in [1.29, 1.82) is 0 Å². The summed E-state index contributed by atoms with van der Waals surface area (Å²) in [5.41, 5.74) is 1.54. The highest BCUT2D eigenvalue weighted by Crippen LogP contribution is 2.32. The Balaban J connectivity index is 0.00000144. The van der Waals surface area contributed by atoms with Crippen LogP contribution in [0, 0.1) is 5.92 Å². The van der Waals surface area contributed by atoms with E-state index < -0.39 is 5.92 Å². The molecule has 1 aromatic rings. The summed E-state index contributed by atoms with van der Waals surface area (Å²) in [6, 6.07) is 7.40. The zero-order valence-corrected chi connectivity index (χ0v) is 12.0. The fraction of sp³-hybridized carbons (Fsp3) is 0.333. The summed E-state index contributed by atoms with van der Waals surface area (Å²) in [5.74, 6) is -0.953. The standard InChI is InChI=1S/C12H14N2O2.2ClH/c1-8-11(15)13(2)9-6-4-5-7-10(9)14(3)12(8)16;;/h4-8H,1-3H3;2*1H. The Kier molecular flexibility index (Phi) is 5.64. The van der Waals surface area contributed by atoms with Crippen molar-refractivity contribution in [1.82, 2.24) is 0 Å². The smallest absolute Gasteiger partial charge is 0.239 e. The zero-order chi connectivity index (χ0) is 11.9. The van der Waals surface area contributed by atoms with Crippen LogP contribution >= 0.6 is 24.8 Å². The van der Waals surface area contributed by atoms with Gasteiger partial charge >= 0.3 is 0 Å². The van der Waals surface area contributed by atoms with E-state index in [4.69, 9.17) is 0 Å². The number of hydrogen-bond acceptors (Lipinski definition) is 2. The Labute approximate surface area is 119 Å². The fourth-order valence-corrected chi connectivity index (χ4v) is 1.96. The molecule has 0 aromatic heterocycles. The second-order valence-electron chi connectivity index (χ2n) is 4.00. The number of fused-ring (bicyclic) bond motifs is 1. The molecule has 0 fully saturated rings. The minimum Gasteiger partial charge on any atom is -0.313 e. The highest BCUT2D eigenvalue weighted by atomic mass is 35.5. The van der Waals surface area contributed by atoms with Gasteiger partial charge in [0, 0.05) is 14.1 Å². The molecule has 0 spiro atoms. The van der Waals surface area contributed by atoms with Crippen LogP contribution in [0.1, 0.15) is 6.92 Å². The number of benzene rings is 1. The fourth-order valence-electron chi connectivity index (χ4n) is 1.96. The first-order valence-corrected chi connectivity index (χ1v) is 5.18. The molecule has 1 heterocycles. The molecule has 2 rings (SSSR count). The van der Waals surface area contributed by atoms with E-state index in [1.165, 1.54) is 0 Å². The van der Waals surface area contributed by atoms with Crippen molar-refractivity contribution in [3.8, 4) is 0 Å². The van der Waals surface area contributed by atoms with Crippen LogP contribution in [0.15, 0.2) is 24.3 Å². The zero-order valence-electron chi connectivity index (χ0n) is 10.4. The summed E-state index contributed by atoms with van der Waals surface area (Å²) < 4.78 is 0. The number of carbonyl (C=O) groups excluding carboxylic acids is 2. The van der Waals surface area contributed by atoms with Gasteiger partial charge in [-0.3, -0.25) is 9.59 Å². The highest BCUT2D eigenvalue weighted by molar-refractivity contribution is 6.16. The lowest BCUT2D eigenvalue weighted by molar-refractivity contribution is -0.130. The van der Waals surface area contributed by atoms with Crippen molar-refractivity contribution in [2.75, 3.05) is 23.9 Å². The van der Waals surface area contributed by atoms with Crippen LogP contribution in [-0.2, 0) is 9.59 Å². The van der Waals surface area contributed by atoms with Gasteiger partial charge in [-0.25, -0.2) is 0 Å². The molecule has 0 atom stereocenters. The molecule has 0 unspecified atom stereocenters. The monoisotopic (exact) mass is 290 g/mol. The van der Waals surface area contributed by atoms with Crippen molar-refractivity contribution in [3.63, 3.8) is 0 Å². The predicted molar refractivity (Wildman–Crippen MR) is 76.9 cm³/mol. The van der Waals surface area contributed by atoms with E-state index in [1.54, 1.807) is 30.8 Å². The molecule has 4 nitrogen and oxygen atoms in total. The van der Waals surface area contributed by atoms with Gasteiger partial charge in [-0.1, -0.05) is 12.1 Å². The SMILES string of the molecule is CC1C(=O)N(C)c2ccccc2N(C)C1=O.Cl.Cl. The van der Waals surface area contributed by atoms with Crippen molar-refractivity contribution in [2.24, 2.45) is 5.92 Å². The van der Waals surface area contributed by atoms with Gasteiger partial charge < -0.3 is 9.80 Å². The number of nitrogens with zero attached hydrogens (tertiary/aromatic N) is 2. The molecule has 18 heavy (non-hydrogen) atoms. The molecule has 0 saturated carbocycles. The second-order valence-corrected chi connectivity index (χ2v) is 4.00. The van der Waals surface area contributed by atoms with Crippen molar-refractivity contribution in [3.05, 3.63) is 24.3 Å².